The number of nitrogens with zero attached hydrogens (tertiary/aromatic N) is 1. The van der Waals surface area contributed by atoms with E-state index in [1.54, 1.807) is 11.8 Å². The van der Waals surface area contributed by atoms with Gasteiger partial charge >= 0.3 is 12.0 Å². The van der Waals surface area contributed by atoms with Gasteiger partial charge in [0.05, 0.1) is 6.10 Å². The maximum atomic E-state index is 11.9. The van der Waals surface area contributed by atoms with E-state index in [2.05, 4.69) is 5.32 Å². The van der Waals surface area contributed by atoms with Crippen LogP contribution in [0.2, 0.25) is 0 Å². The van der Waals surface area contributed by atoms with Gasteiger partial charge in [0.25, 0.3) is 0 Å². The number of carbonyl (C=O) groups excluding carboxylic acids is 1. The van der Waals surface area contributed by atoms with E-state index in [0.29, 0.717) is 26.1 Å². The first-order valence-electron chi connectivity index (χ1n) is 6.48. The molecule has 1 heterocycles. The molecule has 0 aromatic rings. The van der Waals surface area contributed by atoms with E-state index in [4.69, 9.17) is 9.84 Å². The average Bonchev–Trinajstić information content (AvgIpc) is 2.36. The molecule has 18 heavy (non-hydrogen) atoms. The maximum Gasteiger partial charge on any atom is 0.326 e. The molecule has 0 aliphatic carbocycles. The van der Waals surface area contributed by atoms with E-state index in [0.717, 1.165) is 12.8 Å². The number of piperidine rings is 1. The molecule has 1 saturated heterocycles. The van der Waals surface area contributed by atoms with Crippen LogP contribution in [0.15, 0.2) is 0 Å². The number of hydrogen-bond donors (Lipinski definition) is 2. The number of nitrogens with one attached hydrogen (secondary N) is 1. The summed E-state index contributed by atoms with van der Waals surface area (Å²) in [6.07, 6.45) is 2.29. The van der Waals surface area contributed by atoms with E-state index >= 15 is 0 Å². The third-order valence-corrected chi connectivity index (χ3v) is 3.07. The van der Waals surface area contributed by atoms with Crippen molar-refractivity contribution in [2.24, 2.45) is 0 Å². The summed E-state index contributed by atoms with van der Waals surface area (Å²) in [6.45, 7) is 5.49. The van der Waals surface area contributed by atoms with E-state index in [9.17, 15) is 9.59 Å². The molecular formula is C12H22N2O4. The summed E-state index contributed by atoms with van der Waals surface area (Å²) in [7, 11) is 0. The highest BCUT2D eigenvalue weighted by Crippen LogP contribution is 2.13. The first kappa shape index (κ1) is 14.8. The summed E-state index contributed by atoms with van der Waals surface area (Å²) in [5.74, 6) is -0.996. The number of carbonyl (C=O) groups is 2. The Morgan fingerprint density at radius 3 is 2.78 bits per heavy atom. The van der Waals surface area contributed by atoms with Gasteiger partial charge in [0.1, 0.15) is 6.04 Å². The number of amides is 2. The van der Waals surface area contributed by atoms with Crippen molar-refractivity contribution in [1.29, 1.82) is 0 Å². The molecule has 0 aromatic carbocycles. The molecule has 0 aromatic heterocycles. The number of rotatable bonds is 5. The number of carboxylic acid groups (broad SMARTS) is 1. The quantitative estimate of drug-likeness (QED) is 0.773. The fraction of sp³-hybridized carbons (Fsp3) is 0.833. The molecule has 0 radical (unpaired) electrons. The molecule has 2 unspecified atom stereocenters. The smallest absolute Gasteiger partial charge is 0.326 e. The monoisotopic (exact) mass is 258 g/mol. The molecule has 1 fully saturated rings. The van der Waals surface area contributed by atoms with Crippen molar-refractivity contribution in [3.8, 4) is 0 Å². The fourth-order valence-corrected chi connectivity index (χ4v) is 2.07. The number of carboxylic acids is 1. The van der Waals surface area contributed by atoms with Crippen LogP contribution in [0.25, 0.3) is 0 Å². The summed E-state index contributed by atoms with van der Waals surface area (Å²) < 4.78 is 5.50. The van der Waals surface area contributed by atoms with E-state index in [-0.39, 0.29) is 12.1 Å². The molecular weight excluding hydrogens is 236 g/mol. The number of aliphatic carboxylic acids is 1. The van der Waals surface area contributed by atoms with Gasteiger partial charge in [0.15, 0.2) is 0 Å². The van der Waals surface area contributed by atoms with Crippen molar-refractivity contribution < 1.29 is 19.4 Å². The molecule has 6 heteroatoms. The Morgan fingerprint density at radius 1 is 1.50 bits per heavy atom. The van der Waals surface area contributed by atoms with Crippen LogP contribution in [0, 0.1) is 0 Å². The van der Waals surface area contributed by atoms with Crippen molar-refractivity contribution in [2.45, 2.75) is 45.3 Å². The predicted molar refractivity (Wildman–Crippen MR) is 66.5 cm³/mol. The van der Waals surface area contributed by atoms with Crippen molar-refractivity contribution in [3.05, 3.63) is 0 Å². The van der Waals surface area contributed by atoms with Gasteiger partial charge in [-0.15, -0.1) is 0 Å². The van der Waals surface area contributed by atoms with Crippen LogP contribution in [0.1, 0.15) is 33.1 Å². The molecule has 2 atom stereocenters. The number of urea groups is 1. The van der Waals surface area contributed by atoms with E-state index < -0.39 is 12.0 Å². The summed E-state index contributed by atoms with van der Waals surface area (Å²) in [5, 5.41) is 11.4. The zero-order chi connectivity index (χ0) is 13.5. The molecule has 2 amide bonds. The summed E-state index contributed by atoms with van der Waals surface area (Å²) in [6, 6.07) is -1.13. The van der Waals surface area contributed by atoms with Gasteiger partial charge in [-0.2, -0.15) is 0 Å². The topological polar surface area (TPSA) is 78.9 Å². The second-order valence-electron chi connectivity index (χ2n) is 4.41. The average molecular weight is 258 g/mol. The lowest BCUT2D eigenvalue weighted by molar-refractivity contribution is -0.139. The first-order valence-corrected chi connectivity index (χ1v) is 6.48. The Morgan fingerprint density at radius 2 is 2.22 bits per heavy atom. The molecule has 2 N–H and O–H groups in total. The summed E-state index contributed by atoms with van der Waals surface area (Å²) in [5.41, 5.74) is 0. The van der Waals surface area contributed by atoms with Gasteiger partial charge in [-0.1, -0.05) is 6.92 Å². The minimum atomic E-state index is -0.996. The normalized spacial score (nSPS) is 21.4. The van der Waals surface area contributed by atoms with Crippen LogP contribution in [0.5, 0.6) is 0 Å². The Hall–Kier alpha value is -1.30. The lowest BCUT2D eigenvalue weighted by atomic mass is 10.1. The zero-order valence-corrected chi connectivity index (χ0v) is 11.0. The van der Waals surface area contributed by atoms with Gasteiger partial charge in [-0.25, -0.2) is 9.59 Å². The Kier molecular flexibility index (Phi) is 5.91. The Bertz CT molecular complexity index is 294. The second kappa shape index (κ2) is 7.20. The lowest BCUT2D eigenvalue weighted by Gasteiger charge is -2.33. The van der Waals surface area contributed by atoms with Gasteiger partial charge in [-0.3, -0.25) is 0 Å². The third kappa shape index (κ3) is 4.18. The zero-order valence-electron chi connectivity index (χ0n) is 11.0. The second-order valence-corrected chi connectivity index (χ2v) is 4.41. The maximum absolute atomic E-state index is 11.9. The van der Waals surface area contributed by atoms with Gasteiger partial charge in [0, 0.05) is 19.7 Å². The largest absolute Gasteiger partial charge is 0.480 e. The third-order valence-electron chi connectivity index (χ3n) is 3.07. The highest BCUT2D eigenvalue weighted by atomic mass is 16.5. The number of likely N-dealkylation sites (tertiary alicyclic amines) is 1. The van der Waals surface area contributed by atoms with Crippen molar-refractivity contribution in [3.63, 3.8) is 0 Å². The summed E-state index contributed by atoms with van der Waals surface area (Å²) in [4.78, 5) is 24.4. The van der Waals surface area contributed by atoms with Crippen LogP contribution in [-0.4, -0.2) is 53.8 Å². The Balaban J connectivity index is 2.47. The van der Waals surface area contributed by atoms with Crippen molar-refractivity contribution >= 4 is 12.0 Å². The molecule has 104 valence electrons. The van der Waals surface area contributed by atoms with Crippen molar-refractivity contribution in [2.75, 3.05) is 19.7 Å². The molecule has 0 saturated carbocycles. The highest BCUT2D eigenvalue weighted by molar-refractivity contribution is 5.82. The van der Waals surface area contributed by atoms with Crippen LogP contribution in [-0.2, 0) is 9.53 Å². The molecule has 1 aliphatic rings. The van der Waals surface area contributed by atoms with E-state index in [1.165, 1.54) is 0 Å². The Labute approximate surface area is 107 Å². The SMILES string of the molecule is CCOC1CCCN(C(=O)NC(CC)C(=O)O)C1. The van der Waals surface area contributed by atoms with Crippen molar-refractivity contribution in [1.82, 2.24) is 10.2 Å². The highest BCUT2D eigenvalue weighted by Gasteiger charge is 2.26. The number of hydrogen-bond acceptors (Lipinski definition) is 3. The van der Waals surface area contributed by atoms with Gasteiger partial charge < -0.3 is 20.1 Å². The molecule has 0 bridgehead atoms. The van der Waals surface area contributed by atoms with Gasteiger partial charge in [0.2, 0.25) is 0 Å². The first-order chi connectivity index (χ1) is 8.58. The predicted octanol–water partition coefficient (Wildman–Crippen LogP) is 1.06. The molecule has 1 rings (SSSR count). The summed E-state index contributed by atoms with van der Waals surface area (Å²) >= 11 is 0. The van der Waals surface area contributed by atoms with E-state index in [1.807, 2.05) is 6.92 Å². The molecule has 6 nitrogen and oxygen atoms in total. The number of ether oxygens (including phenoxy) is 1. The van der Waals surface area contributed by atoms with Crippen LogP contribution in [0.3, 0.4) is 0 Å². The fourth-order valence-electron chi connectivity index (χ4n) is 2.07. The molecule has 0 spiro atoms. The van der Waals surface area contributed by atoms with Crippen LogP contribution in [0.4, 0.5) is 4.79 Å². The lowest BCUT2D eigenvalue weighted by Crippen LogP contribution is -2.51. The minimum absolute atomic E-state index is 0.0689. The standard InChI is InChI=1S/C12H22N2O4/c1-3-10(11(15)16)13-12(17)14-7-5-6-9(8-14)18-4-2/h9-10H,3-8H2,1-2H3,(H,13,17)(H,15,16). The minimum Gasteiger partial charge on any atom is -0.480 e. The molecule has 1 aliphatic heterocycles. The van der Waals surface area contributed by atoms with Crippen LogP contribution >= 0.6 is 0 Å². The van der Waals surface area contributed by atoms with Gasteiger partial charge in [-0.05, 0) is 26.2 Å². The van der Waals surface area contributed by atoms with Crippen LogP contribution < -0.4 is 5.32 Å².